The van der Waals surface area contributed by atoms with Gasteiger partial charge in [0.25, 0.3) is 0 Å². The normalized spacial score (nSPS) is 19.6. The molecule has 1 aromatic rings. The van der Waals surface area contributed by atoms with Gasteiger partial charge in [0.05, 0.1) is 16.0 Å². The number of amides is 1. The van der Waals surface area contributed by atoms with Crippen molar-refractivity contribution in [3.63, 3.8) is 0 Å². The fraction of sp³-hybridized carbons (Fsp3) is 0.357. The molecule has 0 radical (unpaired) electrons. The minimum absolute atomic E-state index is 0.0348. The van der Waals surface area contributed by atoms with Crippen LogP contribution in [-0.2, 0) is 15.5 Å². The summed E-state index contributed by atoms with van der Waals surface area (Å²) in [5.41, 5.74) is 0. The highest BCUT2D eigenvalue weighted by atomic mass is 79.9. The molecule has 1 aromatic carbocycles. The molecule has 0 bridgehead atoms. The first-order valence-corrected chi connectivity index (χ1v) is 8.31. The van der Waals surface area contributed by atoms with Crippen molar-refractivity contribution < 1.29 is 13.7 Å². The number of hydrogen-bond acceptors (Lipinski definition) is 3. The lowest BCUT2D eigenvalue weighted by Crippen LogP contribution is -2.31. The molecule has 0 N–H and O–H groups in total. The zero-order valence-electron chi connectivity index (χ0n) is 11.0. The fourth-order valence-electron chi connectivity index (χ4n) is 2.05. The van der Waals surface area contributed by atoms with E-state index in [1.807, 2.05) is 24.3 Å². The number of hydrogen-bond donors (Lipinski definition) is 0. The molecule has 1 aliphatic heterocycles. The van der Waals surface area contributed by atoms with Gasteiger partial charge in [-0.05, 0) is 30.7 Å². The maximum atomic E-state index is 12.4. The molecule has 1 fully saturated rings. The van der Waals surface area contributed by atoms with Crippen molar-refractivity contribution in [3.05, 3.63) is 41.4 Å². The van der Waals surface area contributed by atoms with Crippen LogP contribution in [-0.4, -0.2) is 40.1 Å². The Balaban J connectivity index is 1.95. The number of ether oxygens (including phenoxy) is 1. The summed E-state index contributed by atoms with van der Waals surface area (Å²) in [6.45, 7) is 4.76. The van der Waals surface area contributed by atoms with Gasteiger partial charge in [-0.15, -0.1) is 0 Å². The molecule has 0 saturated carbocycles. The largest absolute Gasteiger partial charge is 0.445 e. The molecule has 0 spiro atoms. The molecule has 1 saturated heterocycles. The summed E-state index contributed by atoms with van der Waals surface area (Å²) in [6, 6.07) is 7.44. The quantitative estimate of drug-likeness (QED) is 0.778. The molecule has 2 unspecified atom stereocenters. The van der Waals surface area contributed by atoms with Gasteiger partial charge in [0, 0.05) is 22.5 Å². The molecule has 2 rings (SSSR count). The average Bonchev–Trinajstić information content (AvgIpc) is 2.94. The highest BCUT2D eigenvalue weighted by molar-refractivity contribution is 9.10. The van der Waals surface area contributed by atoms with Crippen molar-refractivity contribution in [2.75, 3.05) is 19.7 Å². The Kier molecular flexibility index (Phi) is 5.37. The van der Waals surface area contributed by atoms with Gasteiger partial charge in [0.15, 0.2) is 0 Å². The van der Waals surface area contributed by atoms with Gasteiger partial charge in [0.1, 0.15) is 6.61 Å². The SMILES string of the molecule is C=CCOC(=O)N1CCC(S(=O)c2ccc(Br)cc2)C1. The molecule has 108 valence electrons. The van der Waals surface area contributed by atoms with E-state index < -0.39 is 10.8 Å². The summed E-state index contributed by atoms with van der Waals surface area (Å²) in [6.07, 6.45) is 1.90. The summed E-state index contributed by atoms with van der Waals surface area (Å²) in [5, 5.41) is -0.0348. The van der Waals surface area contributed by atoms with Crippen molar-refractivity contribution in [2.45, 2.75) is 16.6 Å². The molecule has 1 aliphatic rings. The predicted molar refractivity (Wildman–Crippen MR) is 82.1 cm³/mol. The van der Waals surface area contributed by atoms with Crippen molar-refractivity contribution in [1.29, 1.82) is 0 Å². The van der Waals surface area contributed by atoms with Gasteiger partial charge in [-0.2, -0.15) is 0 Å². The van der Waals surface area contributed by atoms with E-state index in [9.17, 15) is 9.00 Å². The highest BCUT2D eigenvalue weighted by Crippen LogP contribution is 2.22. The lowest BCUT2D eigenvalue weighted by atomic mass is 10.4. The number of carbonyl (C=O) groups is 1. The molecule has 1 heterocycles. The van der Waals surface area contributed by atoms with Crippen LogP contribution in [0.2, 0.25) is 0 Å². The highest BCUT2D eigenvalue weighted by Gasteiger charge is 2.31. The Hall–Kier alpha value is -1.14. The Bertz CT molecular complexity index is 518. The molecule has 0 aliphatic carbocycles. The first-order valence-electron chi connectivity index (χ1n) is 6.30. The molecule has 20 heavy (non-hydrogen) atoms. The topological polar surface area (TPSA) is 46.6 Å². The van der Waals surface area contributed by atoms with E-state index in [0.717, 1.165) is 15.8 Å². The van der Waals surface area contributed by atoms with Crippen LogP contribution >= 0.6 is 15.9 Å². The average molecular weight is 358 g/mol. The first-order chi connectivity index (χ1) is 9.61. The van der Waals surface area contributed by atoms with Crippen LogP contribution in [0.15, 0.2) is 46.3 Å². The number of rotatable bonds is 4. The number of halogens is 1. The van der Waals surface area contributed by atoms with E-state index in [0.29, 0.717) is 13.1 Å². The third-order valence-corrected chi connectivity index (χ3v) is 5.33. The summed E-state index contributed by atoms with van der Waals surface area (Å²) < 4.78 is 18.4. The smallest absolute Gasteiger partial charge is 0.410 e. The maximum Gasteiger partial charge on any atom is 0.410 e. The van der Waals surface area contributed by atoms with Gasteiger partial charge in [-0.3, -0.25) is 4.21 Å². The van der Waals surface area contributed by atoms with Gasteiger partial charge in [0.2, 0.25) is 0 Å². The van der Waals surface area contributed by atoms with E-state index in [1.54, 1.807) is 4.90 Å². The molecule has 2 atom stereocenters. The Labute approximate surface area is 129 Å². The van der Waals surface area contributed by atoms with Crippen molar-refractivity contribution in [1.82, 2.24) is 4.90 Å². The first kappa shape index (κ1) is 15.3. The van der Waals surface area contributed by atoms with Crippen LogP contribution < -0.4 is 0 Å². The number of nitrogens with zero attached hydrogens (tertiary/aromatic N) is 1. The Morgan fingerprint density at radius 2 is 2.20 bits per heavy atom. The number of carbonyl (C=O) groups excluding carboxylic acids is 1. The van der Waals surface area contributed by atoms with Crippen LogP contribution in [0.4, 0.5) is 4.79 Å². The van der Waals surface area contributed by atoms with Gasteiger partial charge >= 0.3 is 6.09 Å². The lowest BCUT2D eigenvalue weighted by Gasteiger charge is -2.15. The summed E-state index contributed by atoms with van der Waals surface area (Å²) in [5.74, 6) is 0. The van der Waals surface area contributed by atoms with Crippen LogP contribution in [0.1, 0.15) is 6.42 Å². The second kappa shape index (κ2) is 7.04. The predicted octanol–water partition coefficient (Wildman–Crippen LogP) is 2.95. The van der Waals surface area contributed by atoms with Crippen LogP contribution in [0.3, 0.4) is 0 Å². The molecular weight excluding hydrogens is 342 g/mol. The van der Waals surface area contributed by atoms with Crippen LogP contribution in [0.25, 0.3) is 0 Å². The van der Waals surface area contributed by atoms with Crippen LogP contribution in [0, 0.1) is 0 Å². The molecule has 1 amide bonds. The second-order valence-corrected chi connectivity index (χ2v) is 7.12. The van der Waals surface area contributed by atoms with Crippen molar-refractivity contribution >= 4 is 32.8 Å². The molecule has 0 aromatic heterocycles. The summed E-state index contributed by atoms with van der Waals surface area (Å²) >= 11 is 3.35. The summed E-state index contributed by atoms with van der Waals surface area (Å²) in [7, 11) is -1.10. The zero-order valence-corrected chi connectivity index (χ0v) is 13.4. The van der Waals surface area contributed by atoms with E-state index in [-0.39, 0.29) is 18.0 Å². The third-order valence-electron chi connectivity index (χ3n) is 3.08. The van der Waals surface area contributed by atoms with Gasteiger partial charge in [-0.25, -0.2) is 4.79 Å². The monoisotopic (exact) mass is 357 g/mol. The van der Waals surface area contributed by atoms with E-state index >= 15 is 0 Å². The second-order valence-electron chi connectivity index (χ2n) is 4.47. The third kappa shape index (κ3) is 3.70. The summed E-state index contributed by atoms with van der Waals surface area (Å²) in [4.78, 5) is 14.1. The molecular formula is C14H16BrNO3S. The maximum absolute atomic E-state index is 12.4. The molecule has 6 heteroatoms. The van der Waals surface area contributed by atoms with Crippen molar-refractivity contribution in [3.8, 4) is 0 Å². The minimum Gasteiger partial charge on any atom is -0.445 e. The van der Waals surface area contributed by atoms with E-state index in [2.05, 4.69) is 22.5 Å². The Morgan fingerprint density at radius 3 is 2.85 bits per heavy atom. The lowest BCUT2D eigenvalue weighted by molar-refractivity contribution is 0.121. The standard InChI is InChI=1S/C14H16BrNO3S/c1-2-9-19-14(17)16-8-7-13(10-16)20(18)12-5-3-11(15)4-6-12/h2-6,13H,1,7-10H2. The van der Waals surface area contributed by atoms with E-state index in [4.69, 9.17) is 4.74 Å². The minimum atomic E-state index is -1.10. The number of benzene rings is 1. The van der Waals surface area contributed by atoms with Crippen LogP contribution in [0.5, 0.6) is 0 Å². The number of likely N-dealkylation sites (tertiary alicyclic amines) is 1. The fourth-order valence-corrected chi connectivity index (χ4v) is 3.74. The zero-order chi connectivity index (χ0) is 14.5. The Morgan fingerprint density at radius 1 is 1.50 bits per heavy atom. The van der Waals surface area contributed by atoms with Gasteiger partial charge < -0.3 is 9.64 Å². The van der Waals surface area contributed by atoms with Crippen molar-refractivity contribution in [2.24, 2.45) is 0 Å². The molecule has 4 nitrogen and oxygen atoms in total. The van der Waals surface area contributed by atoms with E-state index in [1.165, 1.54) is 6.08 Å². The van der Waals surface area contributed by atoms with Gasteiger partial charge in [-0.1, -0.05) is 28.6 Å².